The number of hydrogen-bond donors (Lipinski definition) is 1. The zero-order valence-electron chi connectivity index (χ0n) is 17.1. The Hall–Kier alpha value is -3.85. The van der Waals surface area contributed by atoms with Gasteiger partial charge in [0.15, 0.2) is 16.7 Å². The van der Waals surface area contributed by atoms with Gasteiger partial charge in [0.05, 0.1) is 12.8 Å². The number of nitrogens with one attached hydrogen (secondary N) is 1. The molecule has 0 saturated heterocycles. The van der Waals surface area contributed by atoms with Crippen LogP contribution in [-0.4, -0.2) is 23.0 Å². The number of ether oxygens (including phenoxy) is 2. The molecule has 0 radical (unpaired) electrons. The number of amides is 1. The molecule has 1 amide bonds. The first kappa shape index (κ1) is 21.4. The highest BCUT2D eigenvalue weighted by atomic mass is 32.1. The summed E-state index contributed by atoms with van der Waals surface area (Å²) in [4.78, 5) is 20.4. The van der Waals surface area contributed by atoms with Crippen molar-refractivity contribution < 1.29 is 23.0 Å². The molecule has 0 aliphatic heterocycles. The third-order valence-electron chi connectivity index (χ3n) is 4.58. The molecular formula is C23H17F2N3O3S. The molecule has 162 valence electrons. The number of benzene rings is 2. The SMILES string of the molecule is COc1ccc(Oc2cc(C)c(-c3csc(NC(=O)c4ccncc4)n3)c(F)c2F)cc1. The van der Waals surface area contributed by atoms with Crippen molar-refractivity contribution in [3.63, 3.8) is 0 Å². The van der Waals surface area contributed by atoms with Crippen LogP contribution in [0.15, 0.2) is 60.2 Å². The first-order valence-corrected chi connectivity index (χ1v) is 10.3. The Labute approximate surface area is 186 Å². The normalized spacial score (nSPS) is 10.6. The first-order valence-electron chi connectivity index (χ1n) is 9.44. The minimum atomic E-state index is -1.13. The highest BCUT2D eigenvalue weighted by Gasteiger charge is 2.22. The maximum absolute atomic E-state index is 15.0. The average Bonchev–Trinajstić information content (AvgIpc) is 3.26. The molecule has 6 nitrogen and oxygen atoms in total. The number of halogens is 2. The lowest BCUT2D eigenvalue weighted by Gasteiger charge is -2.12. The van der Waals surface area contributed by atoms with E-state index in [1.165, 1.54) is 25.6 Å². The van der Waals surface area contributed by atoms with Gasteiger partial charge in [0.2, 0.25) is 5.82 Å². The van der Waals surface area contributed by atoms with Crippen molar-refractivity contribution in [1.29, 1.82) is 0 Å². The van der Waals surface area contributed by atoms with E-state index in [2.05, 4.69) is 15.3 Å². The highest BCUT2D eigenvalue weighted by molar-refractivity contribution is 7.14. The molecule has 4 rings (SSSR count). The summed E-state index contributed by atoms with van der Waals surface area (Å²) < 4.78 is 40.3. The van der Waals surface area contributed by atoms with Crippen molar-refractivity contribution in [2.45, 2.75) is 6.92 Å². The number of thiazole rings is 1. The third kappa shape index (κ3) is 4.42. The molecule has 0 aliphatic rings. The molecular weight excluding hydrogens is 436 g/mol. The molecule has 0 aliphatic carbocycles. The Bertz CT molecular complexity index is 1260. The van der Waals surface area contributed by atoms with Crippen LogP contribution in [0.25, 0.3) is 11.3 Å². The van der Waals surface area contributed by atoms with E-state index < -0.39 is 11.6 Å². The maximum Gasteiger partial charge on any atom is 0.257 e. The number of anilines is 1. The van der Waals surface area contributed by atoms with Crippen molar-refractivity contribution in [2.24, 2.45) is 0 Å². The van der Waals surface area contributed by atoms with Gasteiger partial charge in [-0.15, -0.1) is 11.3 Å². The van der Waals surface area contributed by atoms with Gasteiger partial charge in [-0.1, -0.05) is 0 Å². The second-order valence-corrected chi connectivity index (χ2v) is 7.56. The van der Waals surface area contributed by atoms with Gasteiger partial charge in [-0.25, -0.2) is 9.37 Å². The number of carbonyl (C=O) groups excluding carboxylic acids is 1. The van der Waals surface area contributed by atoms with Crippen LogP contribution in [0.5, 0.6) is 17.2 Å². The van der Waals surface area contributed by atoms with Crippen LogP contribution in [0.1, 0.15) is 15.9 Å². The van der Waals surface area contributed by atoms with E-state index in [0.29, 0.717) is 22.6 Å². The summed E-state index contributed by atoms with van der Waals surface area (Å²) in [6.45, 7) is 1.63. The van der Waals surface area contributed by atoms with Gasteiger partial charge in [-0.2, -0.15) is 4.39 Å². The fourth-order valence-corrected chi connectivity index (χ4v) is 3.70. The second-order valence-electron chi connectivity index (χ2n) is 6.70. The summed E-state index contributed by atoms with van der Waals surface area (Å²) in [5, 5.41) is 4.46. The Kier molecular flexibility index (Phi) is 6.09. The third-order valence-corrected chi connectivity index (χ3v) is 5.34. The molecule has 2 heterocycles. The molecule has 0 spiro atoms. The van der Waals surface area contributed by atoms with Crippen LogP contribution in [0, 0.1) is 18.6 Å². The van der Waals surface area contributed by atoms with Crippen molar-refractivity contribution in [1.82, 2.24) is 9.97 Å². The predicted molar refractivity (Wildman–Crippen MR) is 117 cm³/mol. The molecule has 0 saturated carbocycles. The van der Waals surface area contributed by atoms with Crippen LogP contribution in [-0.2, 0) is 0 Å². The van der Waals surface area contributed by atoms with E-state index in [0.717, 1.165) is 11.3 Å². The maximum atomic E-state index is 15.0. The van der Waals surface area contributed by atoms with E-state index in [4.69, 9.17) is 9.47 Å². The molecule has 2 aromatic heterocycles. The van der Waals surface area contributed by atoms with Crippen LogP contribution in [0.2, 0.25) is 0 Å². The van der Waals surface area contributed by atoms with Crippen molar-refractivity contribution in [2.75, 3.05) is 12.4 Å². The fraction of sp³-hybridized carbons (Fsp3) is 0.0870. The van der Waals surface area contributed by atoms with E-state index >= 15 is 0 Å². The fourth-order valence-electron chi connectivity index (χ4n) is 3.00. The second kappa shape index (κ2) is 9.11. The Balaban J connectivity index is 1.58. The van der Waals surface area contributed by atoms with Gasteiger partial charge >= 0.3 is 0 Å². The van der Waals surface area contributed by atoms with Crippen molar-refractivity contribution >= 4 is 22.4 Å². The summed E-state index contributed by atoms with van der Waals surface area (Å²) in [5.74, 6) is -1.87. The highest BCUT2D eigenvalue weighted by Crippen LogP contribution is 2.36. The molecule has 4 aromatic rings. The first-order chi connectivity index (χ1) is 15.5. The number of aryl methyl sites for hydroxylation is 1. The van der Waals surface area contributed by atoms with Gasteiger partial charge in [-0.3, -0.25) is 15.1 Å². The number of carbonyl (C=O) groups is 1. The molecule has 0 bridgehead atoms. The number of methoxy groups -OCH3 is 1. The number of hydrogen-bond acceptors (Lipinski definition) is 6. The lowest BCUT2D eigenvalue weighted by Crippen LogP contribution is -2.11. The number of pyridine rings is 1. The van der Waals surface area contributed by atoms with E-state index in [9.17, 15) is 13.6 Å². The van der Waals surface area contributed by atoms with Crippen molar-refractivity contribution in [3.05, 3.63) is 83.0 Å². The quantitative estimate of drug-likeness (QED) is 0.397. The lowest BCUT2D eigenvalue weighted by molar-refractivity contribution is 0.102. The number of rotatable bonds is 6. The van der Waals surface area contributed by atoms with Crippen LogP contribution < -0.4 is 14.8 Å². The zero-order chi connectivity index (χ0) is 22.7. The van der Waals surface area contributed by atoms with E-state index in [1.54, 1.807) is 48.7 Å². The zero-order valence-corrected chi connectivity index (χ0v) is 17.9. The number of aromatic nitrogens is 2. The van der Waals surface area contributed by atoms with Crippen LogP contribution in [0.3, 0.4) is 0 Å². The lowest BCUT2D eigenvalue weighted by atomic mass is 10.0. The van der Waals surface area contributed by atoms with E-state index in [-0.39, 0.29) is 28.0 Å². The molecule has 2 aromatic carbocycles. The minimum Gasteiger partial charge on any atom is -0.497 e. The predicted octanol–water partition coefficient (Wildman–Crippen LogP) is 5.84. The summed E-state index contributed by atoms with van der Waals surface area (Å²) in [5.41, 5.74) is 1.06. The topological polar surface area (TPSA) is 73.3 Å². The summed E-state index contributed by atoms with van der Waals surface area (Å²) in [6.07, 6.45) is 3.00. The molecule has 32 heavy (non-hydrogen) atoms. The molecule has 0 unspecified atom stereocenters. The van der Waals surface area contributed by atoms with Crippen molar-refractivity contribution in [3.8, 4) is 28.5 Å². The van der Waals surface area contributed by atoms with Gasteiger partial charge in [0, 0.05) is 28.9 Å². The molecule has 1 N–H and O–H groups in total. The van der Waals surface area contributed by atoms with Gasteiger partial charge in [0.25, 0.3) is 5.91 Å². The summed E-state index contributed by atoms with van der Waals surface area (Å²) in [6, 6.07) is 11.0. The average molecular weight is 453 g/mol. The largest absolute Gasteiger partial charge is 0.497 e. The Morgan fingerprint density at radius 2 is 1.72 bits per heavy atom. The monoisotopic (exact) mass is 453 g/mol. The van der Waals surface area contributed by atoms with E-state index in [1.807, 2.05) is 0 Å². The smallest absolute Gasteiger partial charge is 0.257 e. The van der Waals surface area contributed by atoms with Gasteiger partial charge < -0.3 is 9.47 Å². The number of nitrogens with zero attached hydrogens (tertiary/aromatic N) is 2. The summed E-state index contributed by atoms with van der Waals surface area (Å²) >= 11 is 1.11. The Morgan fingerprint density at radius 3 is 2.41 bits per heavy atom. The molecule has 9 heteroatoms. The van der Waals surface area contributed by atoms with Gasteiger partial charge in [0.1, 0.15) is 11.5 Å². The summed E-state index contributed by atoms with van der Waals surface area (Å²) in [7, 11) is 1.53. The van der Waals surface area contributed by atoms with Crippen LogP contribution >= 0.6 is 11.3 Å². The van der Waals surface area contributed by atoms with Crippen LogP contribution in [0.4, 0.5) is 13.9 Å². The standard InChI is InChI=1S/C23H17F2N3O3S/c1-13-11-18(31-16-5-3-15(30-2)4-6-16)20(24)21(25)19(13)17-12-32-23(27-17)28-22(29)14-7-9-26-10-8-14/h3-12H,1-2H3,(H,27,28,29). The molecule has 0 fully saturated rings. The minimum absolute atomic E-state index is 0.00485. The Morgan fingerprint density at radius 1 is 1.03 bits per heavy atom. The van der Waals surface area contributed by atoms with Gasteiger partial charge in [-0.05, 0) is 55.0 Å². The molecule has 0 atom stereocenters.